The predicted molar refractivity (Wildman–Crippen MR) is 129 cm³/mol. The minimum atomic E-state index is -0.655. The molecule has 0 bridgehead atoms. The van der Waals surface area contributed by atoms with Gasteiger partial charge in [-0.25, -0.2) is 9.59 Å². The van der Waals surface area contributed by atoms with Gasteiger partial charge in [0.1, 0.15) is 0 Å². The van der Waals surface area contributed by atoms with Gasteiger partial charge in [0.05, 0.1) is 18.2 Å². The zero-order chi connectivity index (χ0) is 23.2. The fraction of sp³-hybridized carbons (Fsp3) is 0.385. The number of likely N-dealkylation sites (tertiary alicyclic amines) is 1. The zero-order valence-electron chi connectivity index (χ0n) is 18.9. The highest BCUT2D eigenvalue weighted by Gasteiger charge is 2.35. The first-order chi connectivity index (χ1) is 16.0. The average molecular weight is 468 g/mol. The largest absolute Gasteiger partial charge is 0.463 e. The van der Waals surface area contributed by atoms with Crippen LogP contribution in [0.5, 0.6) is 0 Å². The molecule has 2 aromatic carbocycles. The monoisotopic (exact) mass is 467 g/mol. The van der Waals surface area contributed by atoms with Crippen LogP contribution in [0.25, 0.3) is 0 Å². The van der Waals surface area contributed by atoms with Crippen LogP contribution in [0, 0.1) is 5.92 Å². The number of benzene rings is 2. The molecule has 6 nitrogen and oxygen atoms in total. The van der Waals surface area contributed by atoms with E-state index in [1.165, 1.54) is 5.56 Å². The molecule has 1 saturated heterocycles. The van der Waals surface area contributed by atoms with Gasteiger partial charge in [-0.05, 0) is 62.4 Å². The van der Waals surface area contributed by atoms with Crippen LogP contribution in [0.4, 0.5) is 4.79 Å². The lowest BCUT2D eigenvalue weighted by atomic mass is 9.89. The lowest BCUT2D eigenvalue weighted by Gasteiger charge is -2.35. The number of urea groups is 1. The molecule has 2 N–H and O–H groups in total. The van der Waals surface area contributed by atoms with Crippen molar-refractivity contribution in [1.82, 2.24) is 15.5 Å². The Balaban J connectivity index is 1.52. The van der Waals surface area contributed by atoms with Crippen LogP contribution in [0.2, 0.25) is 5.02 Å². The number of esters is 1. The maximum Gasteiger partial charge on any atom is 0.338 e. The number of nitrogens with zero attached hydrogens (tertiary/aromatic N) is 1. The Bertz CT molecular complexity index is 1020. The number of rotatable bonds is 7. The third-order valence-corrected chi connectivity index (χ3v) is 6.67. The number of ether oxygens (including phenoxy) is 1. The summed E-state index contributed by atoms with van der Waals surface area (Å²) in [5.74, 6) is 0.199. The molecule has 33 heavy (non-hydrogen) atoms. The number of amides is 2. The third-order valence-electron chi connectivity index (χ3n) is 6.32. The average Bonchev–Trinajstić information content (AvgIpc) is 2.81. The number of carbonyl (C=O) groups is 2. The minimum Gasteiger partial charge on any atom is -0.463 e. The van der Waals surface area contributed by atoms with Crippen LogP contribution in [0.3, 0.4) is 0 Å². The molecular weight excluding hydrogens is 438 g/mol. The summed E-state index contributed by atoms with van der Waals surface area (Å²) in [6.07, 6.45) is 3.24. The fourth-order valence-corrected chi connectivity index (χ4v) is 4.90. The summed E-state index contributed by atoms with van der Waals surface area (Å²) < 4.78 is 5.36. The van der Waals surface area contributed by atoms with E-state index in [1.54, 1.807) is 13.0 Å². The molecule has 0 aliphatic carbocycles. The highest BCUT2D eigenvalue weighted by molar-refractivity contribution is 6.31. The van der Waals surface area contributed by atoms with Crippen LogP contribution in [-0.2, 0) is 16.0 Å². The first-order valence-corrected chi connectivity index (χ1v) is 11.9. The molecule has 2 aliphatic rings. The Morgan fingerprint density at radius 3 is 2.48 bits per heavy atom. The van der Waals surface area contributed by atoms with Crippen molar-refractivity contribution >= 4 is 23.6 Å². The number of piperidine rings is 1. The molecule has 1 fully saturated rings. The lowest BCUT2D eigenvalue weighted by molar-refractivity contribution is -0.139. The third kappa shape index (κ3) is 5.75. The highest BCUT2D eigenvalue weighted by atomic mass is 35.5. The SMILES string of the molecule is CCOC(=O)C1=C(CN2CCC(Cc3ccccc3)CC2)NC(=O)NC1c1ccccc1Cl. The van der Waals surface area contributed by atoms with Gasteiger partial charge < -0.3 is 15.4 Å². The summed E-state index contributed by atoms with van der Waals surface area (Å²) in [7, 11) is 0. The molecule has 2 aliphatic heterocycles. The molecule has 0 radical (unpaired) electrons. The van der Waals surface area contributed by atoms with Crippen molar-refractivity contribution in [2.24, 2.45) is 5.92 Å². The minimum absolute atomic E-state index is 0.254. The first-order valence-electron chi connectivity index (χ1n) is 11.5. The van der Waals surface area contributed by atoms with Crippen molar-refractivity contribution in [2.45, 2.75) is 32.2 Å². The van der Waals surface area contributed by atoms with E-state index in [-0.39, 0.29) is 12.6 Å². The zero-order valence-corrected chi connectivity index (χ0v) is 19.6. The Labute approximate surface area is 199 Å². The Morgan fingerprint density at radius 2 is 1.79 bits per heavy atom. The number of nitrogens with one attached hydrogen (secondary N) is 2. The smallest absolute Gasteiger partial charge is 0.338 e. The summed E-state index contributed by atoms with van der Waals surface area (Å²) >= 11 is 6.42. The van der Waals surface area contributed by atoms with Gasteiger partial charge in [-0.15, -0.1) is 0 Å². The quantitative estimate of drug-likeness (QED) is 0.589. The molecule has 0 saturated carbocycles. The summed E-state index contributed by atoms with van der Waals surface area (Å²) in [5.41, 5.74) is 3.05. The van der Waals surface area contributed by atoms with Gasteiger partial charge in [0, 0.05) is 17.3 Å². The molecule has 2 aromatic rings. The summed E-state index contributed by atoms with van der Waals surface area (Å²) in [4.78, 5) is 27.8. The van der Waals surface area contributed by atoms with E-state index in [9.17, 15) is 9.59 Å². The van der Waals surface area contributed by atoms with Gasteiger partial charge in [-0.3, -0.25) is 4.90 Å². The molecule has 1 atom stereocenters. The van der Waals surface area contributed by atoms with Crippen LogP contribution < -0.4 is 10.6 Å². The lowest BCUT2D eigenvalue weighted by Crippen LogP contribution is -2.49. The van der Waals surface area contributed by atoms with E-state index in [0.29, 0.717) is 34.3 Å². The van der Waals surface area contributed by atoms with Crippen molar-refractivity contribution in [2.75, 3.05) is 26.2 Å². The Kier molecular flexibility index (Phi) is 7.68. The maximum atomic E-state index is 13.0. The molecule has 2 amide bonds. The van der Waals surface area contributed by atoms with Gasteiger partial charge in [-0.2, -0.15) is 0 Å². The Hall–Kier alpha value is -2.83. The summed E-state index contributed by atoms with van der Waals surface area (Å²) in [5, 5.41) is 6.21. The van der Waals surface area contributed by atoms with Crippen molar-refractivity contribution in [1.29, 1.82) is 0 Å². The molecule has 2 heterocycles. The van der Waals surface area contributed by atoms with Gasteiger partial charge in [0.2, 0.25) is 0 Å². The van der Waals surface area contributed by atoms with Crippen LogP contribution >= 0.6 is 11.6 Å². The van der Waals surface area contributed by atoms with E-state index in [0.717, 1.165) is 32.4 Å². The van der Waals surface area contributed by atoms with Crippen LogP contribution in [0.1, 0.15) is 36.9 Å². The number of carbonyl (C=O) groups excluding carboxylic acids is 2. The van der Waals surface area contributed by atoms with Crippen LogP contribution in [0.15, 0.2) is 65.9 Å². The van der Waals surface area contributed by atoms with Gasteiger partial charge in [0.15, 0.2) is 0 Å². The van der Waals surface area contributed by atoms with Crippen LogP contribution in [-0.4, -0.2) is 43.1 Å². The van der Waals surface area contributed by atoms with E-state index in [4.69, 9.17) is 16.3 Å². The topological polar surface area (TPSA) is 70.7 Å². The number of hydrogen-bond donors (Lipinski definition) is 2. The van der Waals surface area contributed by atoms with Gasteiger partial charge in [0.25, 0.3) is 0 Å². The maximum absolute atomic E-state index is 13.0. The number of hydrogen-bond acceptors (Lipinski definition) is 4. The van der Waals surface area contributed by atoms with E-state index >= 15 is 0 Å². The van der Waals surface area contributed by atoms with Crippen molar-refractivity contribution in [3.05, 3.63) is 82.0 Å². The molecular formula is C26H30ClN3O3. The molecule has 0 aromatic heterocycles. The molecule has 1 unspecified atom stereocenters. The standard InChI is InChI=1S/C26H30ClN3O3/c1-2-33-25(31)23-22(28-26(32)29-24(23)20-10-6-7-11-21(20)27)17-30-14-12-19(13-15-30)16-18-8-4-3-5-9-18/h3-11,19,24H,2,12-17H2,1H3,(H2,28,29,32). The van der Waals surface area contributed by atoms with Gasteiger partial charge >= 0.3 is 12.0 Å². The van der Waals surface area contributed by atoms with Gasteiger partial charge in [-0.1, -0.05) is 60.1 Å². The van der Waals surface area contributed by atoms with Crippen molar-refractivity contribution in [3.63, 3.8) is 0 Å². The molecule has 0 spiro atoms. The second kappa shape index (κ2) is 10.9. The predicted octanol–water partition coefficient (Wildman–Crippen LogP) is 4.47. The Morgan fingerprint density at radius 1 is 1.09 bits per heavy atom. The van der Waals surface area contributed by atoms with E-state index in [2.05, 4.69) is 39.8 Å². The van der Waals surface area contributed by atoms with E-state index < -0.39 is 12.0 Å². The normalized spacial score (nSPS) is 19.7. The van der Waals surface area contributed by atoms with Crippen molar-refractivity contribution in [3.8, 4) is 0 Å². The van der Waals surface area contributed by atoms with E-state index in [1.807, 2.05) is 24.3 Å². The second-order valence-corrected chi connectivity index (χ2v) is 8.98. The number of halogens is 1. The summed E-state index contributed by atoms with van der Waals surface area (Å²) in [6, 6.07) is 16.8. The molecule has 7 heteroatoms. The summed E-state index contributed by atoms with van der Waals surface area (Å²) in [6.45, 7) is 4.34. The highest BCUT2D eigenvalue weighted by Crippen LogP contribution is 2.33. The second-order valence-electron chi connectivity index (χ2n) is 8.57. The molecule has 4 rings (SSSR count). The van der Waals surface area contributed by atoms with Crippen molar-refractivity contribution < 1.29 is 14.3 Å². The molecule has 174 valence electrons. The first kappa shape index (κ1) is 23.3. The fourth-order valence-electron chi connectivity index (χ4n) is 4.65.